The maximum atomic E-state index is 12.7. The third-order valence-electron chi connectivity index (χ3n) is 3.53. The lowest BCUT2D eigenvalue weighted by atomic mass is 10.2. The molecule has 0 atom stereocenters. The summed E-state index contributed by atoms with van der Waals surface area (Å²) in [7, 11) is -2.31. The standard InChI is InChI=1S/C17H17N3O4S/c1-11-7-8-16(23-3)15(9-11)20-25(21,22)14-6-4-5-13(10-14)17-18-12(2)24-19-17/h4-10,20H,1-3H3. The van der Waals surface area contributed by atoms with Gasteiger partial charge in [0, 0.05) is 12.5 Å². The van der Waals surface area contributed by atoms with Gasteiger partial charge in [-0.3, -0.25) is 4.72 Å². The maximum Gasteiger partial charge on any atom is 0.262 e. The Morgan fingerprint density at radius 2 is 1.92 bits per heavy atom. The fraction of sp³-hybridized carbons (Fsp3) is 0.176. The normalized spacial score (nSPS) is 11.3. The fourth-order valence-corrected chi connectivity index (χ4v) is 3.43. The quantitative estimate of drug-likeness (QED) is 0.752. The molecule has 3 rings (SSSR count). The first-order valence-electron chi connectivity index (χ1n) is 7.47. The topological polar surface area (TPSA) is 94.3 Å². The largest absolute Gasteiger partial charge is 0.495 e. The maximum absolute atomic E-state index is 12.7. The lowest BCUT2D eigenvalue weighted by molar-refractivity contribution is 0.394. The molecule has 0 bridgehead atoms. The van der Waals surface area contributed by atoms with Crippen LogP contribution >= 0.6 is 0 Å². The van der Waals surface area contributed by atoms with Gasteiger partial charge in [-0.2, -0.15) is 4.98 Å². The average Bonchev–Trinajstić information content (AvgIpc) is 3.01. The number of anilines is 1. The lowest BCUT2D eigenvalue weighted by Gasteiger charge is -2.13. The fourth-order valence-electron chi connectivity index (χ4n) is 2.32. The molecule has 0 amide bonds. The Kier molecular flexibility index (Phi) is 4.45. The first kappa shape index (κ1) is 17.0. The zero-order valence-electron chi connectivity index (χ0n) is 14.0. The van der Waals surface area contributed by atoms with Gasteiger partial charge in [-0.15, -0.1) is 0 Å². The van der Waals surface area contributed by atoms with Crippen LogP contribution in [0.1, 0.15) is 11.5 Å². The summed E-state index contributed by atoms with van der Waals surface area (Å²) in [6, 6.07) is 11.6. The highest BCUT2D eigenvalue weighted by Crippen LogP contribution is 2.28. The molecule has 130 valence electrons. The Hall–Kier alpha value is -2.87. The van der Waals surface area contributed by atoms with Gasteiger partial charge in [-0.1, -0.05) is 23.4 Å². The zero-order chi connectivity index (χ0) is 18.0. The molecule has 0 radical (unpaired) electrons. The predicted molar refractivity (Wildman–Crippen MR) is 93.0 cm³/mol. The highest BCUT2D eigenvalue weighted by atomic mass is 32.2. The first-order valence-corrected chi connectivity index (χ1v) is 8.95. The van der Waals surface area contributed by atoms with Crippen LogP contribution in [-0.2, 0) is 10.0 Å². The summed E-state index contributed by atoms with van der Waals surface area (Å²) in [6.07, 6.45) is 0. The van der Waals surface area contributed by atoms with Gasteiger partial charge >= 0.3 is 0 Å². The Morgan fingerprint density at radius 3 is 2.60 bits per heavy atom. The van der Waals surface area contributed by atoms with E-state index in [4.69, 9.17) is 9.26 Å². The molecule has 1 heterocycles. The van der Waals surface area contributed by atoms with Crippen LogP contribution in [0.15, 0.2) is 51.9 Å². The van der Waals surface area contributed by atoms with Crippen LogP contribution in [0.4, 0.5) is 5.69 Å². The van der Waals surface area contributed by atoms with E-state index < -0.39 is 10.0 Å². The number of sulfonamides is 1. The van der Waals surface area contributed by atoms with E-state index in [2.05, 4.69) is 14.9 Å². The van der Waals surface area contributed by atoms with Gasteiger partial charge in [0.15, 0.2) is 0 Å². The van der Waals surface area contributed by atoms with Gasteiger partial charge in [-0.25, -0.2) is 8.42 Å². The van der Waals surface area contributed by atoms with Crippen molar-refractivity contribution in [3.63, 3.8) is 0 Å². The summed E-state index contributed by atoms with van der Waals surface area (Å²) < 4.78 is 38.2. The summed E-state index contributed by atoms with van der Waals surface area (Å²) in [4.78, 5) is 4.21. The number of nitrogens with one attached hydrogen (secondary N) is 1. The van der Waals surface area contributed by atoms with E-state index in [0.717, 1.165) is 5.56 Å². The second-order valence-corrected chi connectivity index (χ2v) is 7.16. The number of aromatic nitrogens is 2. The second kappa shape index (κ2) is 6.56. The highest BCUT2D eigenvalue weighted by molar-refractivity contribution is 7.92. The molecular weight excluding hydrogens is 342 g/mol. The number of nitrogens with zero attached hydrogens (tertiary/aromatic N) is 2. The van der Waals surface area contributed by atoms with E-state index >= 15 is 0 Å². The van der Waals surface area contributed by atoms with E-state index in [0.29, 0.717) is 28.7 Å². The monoisotopic (exact) mass is 359 g/mol. The number of benzene rings is 2. The SMILES string of the molecule is COc1ccc(C)cc1NS(=O)(=O)c1cccc(-c2noc(C)n2)c1. The minimum Gasteiger partial charge on any atom is -0.495 e. The minimum atomic E-state index is -3.80. The van der Waals surface area contributed by atoms with Crippen molar-refractivity contribution in [1.29, 1.82) is 0 Å². The van der Waals surface area contributed by atoms with Crippen LogP contribution in [0.2, 0.25) is 0 Å². The number of aryl methyl sites for hydroxylation is 2. The van der Waals surface area contributed by atoms with Gasteiger partial charge in [0.05, 0.1) is 17.7 Å². The van der Waals surface area contributed by atoms with E-state index in [1.54, 1.807) is 31.2 Å². The van der Waals surface area contributed by atoms with Crippen molar-refractivity contribution in [2.24, 2.45) is 0 Å². The number of methoxy groups -OCH3 is 1. The van der Waals surface area contributed by atoms with Crippen LogP contribution in [0.25, 0.3) is 11.4 Å². The first-order chi connectivity index (χ1) is 11.9. The zero-order valence-corrected chi connectivity index (χ0v) is 14.8. The van der Waals surface area contributed by atoms with Gasteiger partial charge in [0.1, 0.15) is 5.75 Å². The average molecular weight is 359 g/mol. The van der Waals surface area contributed by atoms with E-state index in [9.17, 15) is 8.42 Å². The van der Waals surface area contributed by atoms with Crippen LogP contribution in [0.3, 0.4) is 0 Å². The molecule has 0 spiro atoms. The second-order valence-electron chi connectivity index (χ2n) is 5.47. The molecule has 7 nitrogen and oxygen atoms in total. The van der Waals surface area contributed by atoms with Crippen LogP contribution in [-0.4, -0.2) is 25.7 Å². The number of hydrogen-bond donors (Lipinski definition) is 1. The number of ether oxygens (including phenoxy) is 1. The molecule has 0 saturated carbocycles. The highest BCUT2D eigenvalue weighted by Gasteiger charge is 2.18. The smallest absolute Gasteiger partial charge is 0.262 e. The lowest BCUT2D eigenvalue weighted by Crippen LogP contribution is -2.14. The van der Waals surface area contributed by atoms with Crippen molar-refractivity contribution < 1.29 is 17.7 Å². The Bertz CT molecular complexity index is 1010. The minimum absolute atomic E-state index is 0.0935. The van der Waals surface area contributed by atoms with E-state index in [-0.39, 0.29) is 4.90 Å². The summed E-state index contributed by atoms with van der Waals surface area (Å²) in [5, 5.41) is 3.81. The molecule has 1 aromatic heterocycles. The molecule has 1 N–H and O–H groups in total. The molecule has 0 unspecified atom stereocenters. The van der Waals surface area contributed by atoms with Crippen LogP contribution in [0, 0.1) is 13.8 Å². The summed E-state index contributed by atoms with van der Waals surface area (Å²) >= 11 is 0. The number of rotatable bonds is 5. The molecule has 0 aliphatic carbocycles. The molecule has 8 heteroatoms. The van der Waals surface area contributed by atoms with Crippen molar-refractivity contribution in [1.82, 2.24) is 10.1 Å². The Balaban J connectivity index is 1.97. The van der Waals surface area contributed by atoms with Crippen LogP contribution < -0.4 is 9.46 Å². The molecule has 0 aliphatic heterocycles. The predicted octanol–water partition coefficient (Wildman–Crippen LogP) is 3.16. The van der Waals surface area contributed by atoms with E-state index in [1.807, 2.05) is 13.0 Å². The van der Waals surface area contributed by atoms with Crippen molar-refractivity contribution in [3.05, 3.63) is 53.9 Å². The van der Waals surface area contributed by atoms with Gasteiger partial charge < -0.3 is 9.26 Å². The van der Waals surface area contributed by atoms with Crippen molar-refractivity contribution in [2.75, 3.05) is 11.8 Å². The van der Waals surface area contributed by atoms with Crippen molar-refractivity contribution >= 4 is 15.7 Å². The van der Waals surface area contributed by atoms with Crippen molar-refractivity contribution in [2.45, 2.75) is 18.7 Å². The van der Waals surface area contributed by atoms with Crippen LogP contribution in [0.5, 0.6) is 5.75 Å². The Labute approximate surface area is 145 Å². The molecular formula is C17H17N3O4S. The summed E-state index contributed by atoms with van der Waals surface area (Å²) in [5.74, 6) is 1.19. The molecule has 0 saturated heterocycles. The molecule has 3 aromatic rings. The molecule has 0 aliphatic rings. The van der Waals surface area contributed by atoms with Gasteiger partial charge in [0.25, 0.3) is 10.0 Å². The third-order valence-corrected chi connectivity index (χ3v) is 4.89. The van der Waals surface area contributed by atoms with Crippen molar-refractivity contribution in [3.8, 4) is 17.1 Å². The molecule has 2 aromatic carbocycles. The molecule has 0 fully saturated rings. The van der Waals surface area contributed by atoms with E-state index in [1.165, 1.54) is 19.2 Å². The van der Waals surface area contributed by atoms with Gasteiger partial charge in [0.2, 0.25) is 11.7 Å². The van der Waals surface area contributed by atoms with Gasteiger partial charge in [-0.05, 0) is 36.8 Å². The molecule has 25 heavy (non-hydrogen) atoms. The Morgan fingerprint density at radius 1 is 1.12 bits per heavy atom. The summed E-state index contributed by atoms with van der Waals surface area (Å²) in [6.45, 7) is 3.54. The summed E-state index contributed by atoms with van der Waals surface area (Å²) in [5.41, 5.74) is 1.84. The number of hydrogen-bond acceptors (Lipinski definition) is 6. The third kappa shape index (κ3) is 3.63.